The zero-order chi connectivity index (χ0) is 13.8. The minimum absolute atomic E-state index is 0.0634. The summed E-state index contributed by atoms with van der Waals surface area (Å²) in [5, 5.41) is 9.83. The highest BCUT2D eigenvalue weighted by Crippen LogP contribution is 2.29. The van der Waals surface area contributed by atoms with Crippen molar-refractivity contribution < 1.29 is 9.90 Å². The van der Waals surface area contributed by atoms with Gasteiger partial charge in [0.05, 0.1) is 12.1 Å². The lowest BCUT2D eigenvalue weighted by atomic mass is 10.1. The largest absolute Gasteiger partial charge is 0.481 e. The molecule has 1 heterocycles. The number of hydrogen-bond acceptors (Lipinski definition) is 3. The first-order chi connectivity index (χ1) is 9.13. The summed E-state index contributed by atoms with van der Waals surface area (Å²) >= 11 is 1.49. The molecule has 0 saturated heterocycles. The van der Waals surface area contributed by atoms with Gasteiger partial charge in [-0.15, -0.1) is 11.3 Å². The van der Waals surface area contributed by atoms with Gasteiger partial charge in [0, 0.05) is 10.4 Å². The van der Waals surface area contributed by atoms with Gasteiger partial charge in [-0.1, -0.05) is 38.1 Å². The van der Waals surface area contributed by atoms with Crippen LogP contribution in [-0.2, 0) is 24.1 Å². The van der Waals surface area contributed by atoms with Crippen LogP contribution in [0.4, 0.5) is 0 Å². The Hall–Kier alpha value is -1.68. The van der Waals surface area contributed by atoms with Crippen molar-refractivity contribution >= 4 is 17.3 Å². The molecule has 0 saturated carbocycles. The summed E-state index contributed by atoms with van der Waals surface area (Å²) in [6.45, 7) is 4.13. The predicted octanol–water partition coefficient (Wildman–Crippen LogP) is 3.56. The number of thiazole rings is 1. The van der Waals surface area contributed by atoms with E-state index in [-0.39, 0.29) is 6.42 Å². The molecule has 1 aromatic heterocycles. The molecule has 4 heteroatoms. The number of rotatable bonds is 5. The Morgan fingerprint density at radius 2 is 1.89 bits per heavy atom. The summed E-state index contributed by atoms with van der Waals surface area (Å²) in [6, 6.07) is 8.31. The molecule has 3 nitrogen and oxygen atoms in total. The van der Waals surface area contributed by atoms with E-state index in [0.717, 1.165) is 34.0 Å². The minimum atomic E-state index is -0.800. The molecule has 0 aliphatic carbocycles. The summed E-state index contributed by atoms with van der Waals surface area (Å²) < 4.78 is 0. The lowest BCUT2D eigenvalue weighted by molar-refractivity contribution is -0.136. The Morgan fingerprint density at radius 1 is 1.21 bits per heavy atom. The molecule has 100 valence electrons. The molecule has 2 aromatic rings. The van der Waals surface area contributed by atoms with E-state index in [2.05, 4.69) is 36.2 Å². The Labute approximate surface area is 116 Å². The molecular formula is C15H17NO2S. The van der Waals surface area contributed by atoms with Crippen LogP contribution in [0.5, 0.6) is 0 Å². The Bertz CT molecular complexity index is 572. The molecule has 19 heavy (non-hydrogen) atoms. The van der Waals surface area contributed by atoms with Crippen LogP contribution in [-0.4, -0.2) is 16.1 Å². The highest BCUT2D eigenvalue weighted by molar-refractivity contribution is 7.15. The van der Waals surface area contributed by atoms with Gasteiger partial charge in [0.2, 0.25) is 0 Å². The van der Waals surface area contributed by atoms with Crippen molar-refractivity contribution in [2.75, 3.05) is 0 Å². The standard InChI is InChI=1S/C15H17NO2S/c1-3-10-5-7-11(8-6-10)15-16-12(4-2)13(19-15)9-14(17)18/h5-8H,3-4,9H2,1-2H3,(H,17,18). The van der Waals surface area contributed by atoms with E-state index in [4.69, 9.17) is 5.11 Å². The maximum Gasteiger partial charge on any atom is 0.308 e. The second-order valence-corrected chi connectivity index (χ2v) is 5.45. The number of aromatic nitrogens is 1. The van der Waals surface area contributed by atoms with Gasteiger partial charge in [-0.3, -0.25) is 4.79 Å². The van der Waals surface area contributed by atoms with Crippen molar-refractivity contribution in [3.63, 3.8) is 0 Å². The molecule has 0 amide bonds. The van der Waals surface area contributed by atoms with Crippen LogP contribution < -0.4 is 0 Å². The van der Waals surface area contributed by atoms with Gasteiger partial charge >= 0.3 is 5.97 Å². The van der Waals surface area contributed by atoms with E-state index in [1.165, 1.54) is 16.9 Å². The molecule has 1 N–H and O–H groups in total. The number of carboxylic acids is 1. The van der Waals surface area contributed by atoms with Crippen LogP contribution in [0.15, 0.2) is 24.3 Å². The number of aliphatic carboxylic acids is 1. The Kier molecular flexibility index (Phi) is 4.32. The molecule has 0 bridgehead atoms. The van der Waals surface area contributed by atoms with E-state index >= 15 is 0 Å². The van der Waals surface area contributed by atoms with Crippen LogP contribution in [0.25, 0.3) is 10.6 Å². The second kappa shape index (κ2) is 5.97. The van der Waals surface area contributed by atoms with Crippen LogP contribution >= 0.6 is 11.3 Å². The molecule has 0 spiro atoms. The fraction of sp³-hybridized carbons (Fsp3) is 0.333. The minimum Gasteiger partial charge on any atom is -0.481 e. The van der Waals surface area contributed by atoms with Crippen molar-refractivity contribution in [2.24, 2.45) is 0 Å². The number of hydrogen-bond donors (Lipinski definition) is 1. The van der Waals surface area contributed by atoms with E-state index in [9.17, 15) is 4.79 Å². The molecule has 1 aromatic carbocycles. The number of carboxylic acid groups (broad SMARTS) is 1. The van der Waals surface area contributed by atoms with Crippen LogP contribution in [0, 0.1) is 0 Å². The van der Waals surface area contributed by atoms with Gasteiger partial charge in [0.1, 0.15) is 5.01 Å². The van der Waals surface area contributed by atoms with Gasteiger partial charge in [-0.2, -0.15) is 0 Å². The molecule has 0 radical (unpaired) electrons. The third kappa shape index (κ3) is 3.20. The summed E-state index contributed by atoms with van der Waals surface area (Å²) in [6.07, 6.45) is 1.85. The van der Waals surface area contributed by atoms with Gasteiger partial charge in [0.25, 0.3) is 0 Å². The first-order valence-electron chi connectivity index (χ1n) is 6.43. The number of nitrogens with zero attached hydrogens (tertiary/aromatic N) is 1. The average Bonchev–Trinajstić information content (AvgIpc) is 2.81. The Morgan fingerprint density at radius 3 is 2.42 bits per heavy atom. The molecule has 0 atom stereocenters. The zero-order valence-corrected chi connectivity index (χ0v) is 12.0. The summed E-state index contributed by atoms with van der Waals surface area (Å²) in [4.78, 5) is 16.3. The van der Waals surface area contributed by atoms with Crippen molar-refractivity contribution in [3.05, 3.63) is 40.4 Å². The smallest absolute Gasteiger partial charge is 0.308 e. The van der Waals surface area contributed by atoms with Crippen molar-refractivity contribution in [3.8, 4) is 10.6 Å². The van der Waals surface area contributed by atoms with E-state index in [1.807, 2.05) is 6.92 Å². The Balaban J connectivity index is 2.33. The SMILES string of the molecule is CCc1ccc(-c2nc(CC)c(CC(=O)O)s2)cc1. The summed E-state index contributed by atoms with van der Waals surface area (Å²) in [7, 11) is 0. The normalized spacial score (nSPS) is 10.6. The first kappa shape index (κ1) is 13.7. The highest BCUT2D eigenvalue weighted by Gasteiger charge is 2.13. The summed E-state index contributed by atoms with van der Waals surface area (Å²) in [5.41, 5.74) is 3.26. The topological polar surface area (TPSA) is 50.2 Å². The van der Waals surface area contributed by atoms with Gasteiger partial charge in [-0.05, 0) is 18.4 Å². The number of aryl methyl sites for hydroxylation is 2. The molecule has 2 rings (SSSR count). The molecule has 0 aliphatic rings. The van der Waals surface area contributed by atoms with Crippen LogP contribution in [0.2, 0.25) is 0 Å². The third-order valence-corrected chi connectivity index (χ3v) is 4.18. The molecule has 0 fully saturated rings. The fourth-order valence-corrected chi connectivity index (χ4v) is 3.09. The van der Waals surface area contributed by atoms with Crippen molar-refractivity contribution in [1.82, 2.24) is 4.98 Å². The average molecular weight is 275 g/mol. The van der Waals surface area contributed by atoms with Crippen molar-refractivity contribution in [1.29, 1.82) is 0 Å². The molecule has 0 aliphatic heterocycles. The molecule has 0 unspecified atom stereocenters. The van der Waals surface area contributed by atoms with E-state index in [0.29, 0.717) is 0 Å². The van der Waals surface area contributed by atoms with Gasteiger partial charge < -0.3 is 5.11 Å². The van der Waals surface area contributed by atoms with Crippen LogP contribution in [0.1, 0.15) is 30.0 Å². The van der Waals surface area contributed by atoms with Gasteiger partial charge in [-0.25, -0.2) is 4.98 Å². The maximum atomic E-state index is 10.8. The number of benzene rings is 1. The second-order valence-electron chi connectivity index (χ2n) is 4.36. The van der Waals surface area contributed by atoms with Crippen LogP contribution in [0.3, 0.4) is 0 Å². The third-order valence-electron chi connectivity index (χ3n) is 3.03. The lowest BCUT2D eigenvalue weighted by Crippen LogP contribution is -2.00. The van der Waals surface area contributed by atoms with Crippen molar-refractivity contribution in [2.45, 2.75) is 33.1 Å². The van der Waals surface area contributed by atoms with E-state index in [1.54, 1.807) is 0 Å². The molecular weight excluding hydrogens is 258 g/mol. The zero-order valence-electron chi connectivity index (χ0n) is 11.1. The highest BCUT2D eigenvalue weighted by atomic mass is 32.1. The fourth-order valence-electron chi connectivity index (χ4n) is 1.94. The first-order valence-corrected chi connectivity index (χ1v) is 7.25. The number of carbonyl (C=O) groups is 1. The lowest BCUT2D eigenvalue weighted by Gasteiger charge is -1.98. The summed E-state index contributed by atoms with van der Waals surface area (Å²) in [5.74, 6) is -0.800. The maximum absolute atomic E-state index is 10.8. The van der Waals surface area contributed by atoms with E-state index < -0.39 is 5.97 Å². The van der Waals surface area contributed by atoms with Gasteiger partial charge in [0.15, 0.2) is 0 Å². The monoisotopic (exact) mass is 275 g/mol. The quantitative estimate of drug-likeness (QED) is 0.907. The predicted molar refractivity (Wildman–Crippen MR) is 77.6 cm³/mol.